The van der Waals surface area contributed by atoms with Gasteiger partial charge in [0.1, 0.15) is 5.78 Å². The molecule has 3 nitrogen and oxygen atoms in total. The van der Waals surface area contributed by atoms with Crippen LogP contribution in [0.2, 0.25) is 0 Å². The van der Waals surface area contributed by atoms with Gasteiger partial charge in [-0.2, -0.15) is 0 Å². The fourth-order valence-corrected chi connectivity index (χ4v) is 5.99. The Morgan fingerprint density at radius 2 is 0.825 bits per heavy atom. The van der Waals surface area contributed by atoms with Crippen molar-refractivity contribution in [3.05, 3.63) is 0 Å². The molecule has 2 N–H and O–H groups in total. The summed E-state index contributed by atoms with van der Waals surface area (Å²) in [6, 6.07) is 0. The number of rotatable bonds is 35. The first-order chi connectivity index (χ1) is 19.8. The van der Waals surface area contributed by atoms with E-state index in [0.717, 1.165) is 51.6 Å². The van der Waals surface area contributed by atoms with Crippen molar-refractivity contribution >= 4 is 5.78 Å². The van der Waals surface area contributed by atoms with E-state index in [4.69, 9.17) is 5.11 Å². The van der Waals surface area contributed by atoms with E-state index in [-0.39, 0.29) is 0 Å². The van der Waals surface area contributed by atoms with Crippen LogP contribution in [0.25, 0.3) is 0 Å². The molecular formula is C37H75NO2. The van der Waals surface area contributed by atoms with Gasteiger partial charge in [0.2, 0.25) is 0 Å². The van der Waals surface area contributed by atoms with Gasteiger partial charge in [0.25, 0.3) is 0 Å². The van der Waals surface area contributed by atoms with Gasteiger partial charge in [-0.1, -0.05) is 162 Å². The van der Waals surface area contributed by atoms with Gasteiger partial charge in [0.15, 0.2) is 0 Å². The minimum Gasteiger partial charge on any atom is -0.396 e. The van der Waals surface area contributed by atoms with E-state index >= 15 is 0 Å². The van der Waals surface area contributed by atoms with Gasteiger partial charge in [0, 0.05) is 18.9 Å². The monoisotopic (exact) mass is 566 g/mol. The summed E-state index contributed by atoms with van der Waals surface area (Å²) < 4.78 is 0. The first-order valence-electron chi connectivity index (χ1n) is 18.6. The third-order valence-corrected chi connectivity index (χ3v) is 8.81. The minimum absolute atomic E-state index is 0.319. The van der Waals surface area contributed by atoms with Gasteiger partial charge >= 0.3 is 0 Å². The molecule has 0 fully saturated rings. The van der Waals surface area contributed by atoms with Crippen LogP contribution in [0.15, 0.2) is 0 Å². The van der Waals surface area contributed by atoms with Crippen molar-refractivity contribution in [3.8, 4) is 0 Å². The highest BCUT2D eigenvalue weighted by atomic mass is 16.2. The molecule has 0 aliphatic carbocycles. The molecule has 1 atom stereocenters. The van der Waals surface area contributed by atoms with Crippen LogP contribution < -0.4 is 5.32 Å². The molecule has 40 heavy (non-hydrogen) atoms. The second kappa shape index (κ2) is 34.8. The Bertz CT molecular complexity index is 481. The smallest absolute Gasteiger partial charge is 0.135 e. The summed E-state index contributed by atoms with van der Waals surface area (Å²) in [5.41, 5.74) is 0. The van der Waals surface area contributed by atoms with Gasteiger partial charge in [-0.3, -0.25) is 4.79 Å². The largest absolute Gasteiger partial charge is 0.396 e. The van der Waals surface area contributed by atoms with Crippen LogP contribution in [0.3, 0.4) is 0 Å². The van der Waals surface area contributed by atoms with Crippen LogP contribution >= 0.6 is 0 Å². The molecule has 1 unspecified atom stereocenters. The highest BCUT2D eigenvalue weighted by molar-refractivity contribution is 5.80. The zero-order valence-corrected chi connectivity index (χ0v) is 27.8. The molecule has 0 aromatic rings. The summed E-state index contributed by atoms with van der Waals surface area (Å²) in [4.78, 5) is 13.1. The minimum atomic E-state index is 0.319. The second-order valence-electron chi connectivity index (χ2n) is 12.8. The molecule has 240 valence electrons. The summed E-state index contributed by atoms with van der Waals surface area (Å²) >= 11 is 0. The summed E-state index contributed by atoms with van der Waals surface area (Å²) in [5.74, 6) is 0.893. The number of unbranched alkanes of at least 4 members (excludes halogenated alkanes) is 23. The maximum atomic E-state index is 13.1. The Labute approximate surface area is 252 Å². The number of nitrogens with one attached hydrogen (secondary N) is 1. The van der Waals surface area contributed by atoms with Gasteiger partial charge in [-0.25, -0.2) is 0 Å². The van der Waals surface area contributed by atoms with E-state index in [9.17, 15) is 4.79 Å². The summed E-state index contributed by atoms with van der Waals surface area (Å²) in [6.45, 7) is 7.11. The molecule has 0 heterocycles. The predicted octanol–water partition coefficient (Wildman–Crippen LogP) is 11.5. The van der Waals surface area contributed by atoms with Crippen molar-refractivity contribution in [1.29, 1.82) is 0 Å². The zero-order chi connectivity index (χ0) is 29.2. The third kappa shape index (κ3) is 30.5. The fraction of sp³-hybridized carbons (Fsp3) is 0.973. The Morgan fingerprint density at radius 3 is 1.30 bits per heavy atom. The Morgan fingerprint density at radius 1 is 0.475 bits per heavy atom. The van der Waals surface area contributed by atoms with Crippen molar-refractivity contribution in [2.45, 2.75) is 206 Å². The van der Waals surface area contributed by atoms with E-state index in [1.165, 1.54) is 154 Å². The molecule has 0 aromatic heterocycles. The lowest BCUT2D eigenvalue weighted by atomic mass is 9.88. The van der Waals surface area contributed by atoms with E-state index in [1.54, 1.807) is 0 Å². The molecule has 0 spiro atoms. The zero-order valence-electron chi connectivity index (χ0n) is 27.8. The average Bonchev–Trinajstić information content (AvgIpc) is 2.96. The standard InChI is InChI=1S/C37H75NO2/c1-3-5-7-9-11-12-13-14-15-16-18-21-25-32-37(40)36(30-24-20-17-10-8-6-4-2)31-26-28-34-38-33-27-22-19-23-29-35-39/h36,38-39H,3-35H2,1-2H3. The number of aliphatic hydroxyl groups is 1. The molecule has 0 radical (unpaired) electrons. The van der Waals surface area contributed by atoms with Crippen molar-refractivity contribution in [3.63, 3.8) is 0 Å². The van der Waals surface area contributed by atoms with E-state index < -0.39 is 0 Å². The number of aliphatic hydroxyl groups excluding tert-OH is 1. The van der Waals surface area contributed by atoms with Crippen LogP contribution in [0, 0.1) is 5.92 Å². The topological polar surface area (TPSA) is 49.3 Å². The molecule has 0 bridgehead atoms. The van der Waals surface area contributed by atoms with Crippen molar-refractivity contribution in [2.75, 3.05) is 19.7 Å². The fourth-order valence-electron chi connectivity index (χ4n) is 5.99. The van der Waals surface area contributed by atoms with E-state index in [2.05, 4.69) is 19.2 Å². The van der Waals surface area contributed by atoms with Crippen LogP contribution in [-0.4, -0.2) is 30.6 Å². The van der Waals surface area contributed by atoms with E-state index in [0.29, 0.717) is 18.3 Å². The SMILES string of the molecule is CCCCCCCCCCCCCCCC(=O)C(CCCCCCCCC)CCCCNCCCCCCCO. The number of hydrogen-bond acceptors (Lipinski definition) is 3. The summed E-state index contributed by atoms with van der Waals surface area (Å²) in [7, 11) is 0. The van der Waals surface area contributed by atoms with Crippen LogP contribution in [-0.2, 0) is 4.79 Å². The van der Waals surface area contributed by atoms with Gasteiger partial charge in [-0.05, 0) is 51.6 Å². The summed E-state index contributed by atoms with van der Waals surface area (Å²) in [6.07, 6.45) is 38.4. The van der Waals surface area contributed by atoms with Gasteiger partial charge in [0.05, 0.1) is 0 Å². The lowest BCUT2D eigenvalue weighted by Crippen LogP contribution is -2.18. The lowest BCUT2D eigenvalue weighted by Gasteiger charge is -2.16. The molecule has 3 heteroatoms. The first kappa shape index (κ1) is 39.6. The molecular weight excluding hydrogens is 490 g/mol. The Balaban J connectivity index is 3.97. The lowest BCUT2D eigenvalue weighted by molar-refractivity contribution is -0.123. The quantitative estimate of drug-likeness (QED) is 0.0751. The number of Topliss-reactive ketones (excluding diaryl/α,β-unsaturated/α-hetero) is 1. The number of carbonyl (C=O) groups excluding carboxylic acids is 1. The average molecular weight is 566 g/mol. The Kier molecular flexibility index (Phi) is 34.4. The number of hydrogen-bond donors (Lipinski definition) is 2. The van der Waals surface area contributed by atoms with E-state index in [1.807, 2.05) is 0 Å². The van der Waals surface area contributed by atoms with Gasteiger partial charge in [-0.15, -0.1) is 0 Å². The van der Waals surface area contributed by atoms with Crippen LogP contribution in [0.1, 0.15) is 206 Å². The summed E-state index contributed by atoms with van der Waals surface area (Å²) in [5, 5.41) is 12.5. The Hall–Kier alpha value is -0.410. The normalized spacial score (nSPS) is 12.3. The molecule has 0 aliphatic rings. The maximum absolute atomic E-state index is 13.1. The second-order valence-corrected chi connectivity index (χ2v) is 12.8. The number of ketones is 1. The molecule has 0 amide bonds. The van der Waals surface area contributed by atoms with Gasteiger partial charge < -0.3 is 10.4 Å². The molecule has 0 saturated carbocycles. The van der Waals surface area contributed by atoms with Crippen molar-refractivity contribution in [2.24, 2.45) is 5.92 Å². The first-order valence-corrected chi connectivity index (χ1v) is 18.6. The predicted molar refractivity (Wildman–Crippen MR) is 178 cm³/mol. The molecule has 0 saturated heterocycles. The molecule has 0 rings (SSSR count). The molecule has 0 aliphatic heterocycles. The third-order valence-electron chi connectivity index (χ3n) is 8.81. The highest BCUT2D eigenvalue weighted by Gasteiger charge is 2.17. The maximum Gasteiger partial charge on any atom is 0.135 e. The van der Waals surface area contributed by atoms with Crippen LogP contribution in [0.4, 0.5) is 0 Å². The molecule has 0 aromatic carbocycles. The number of carbonyl (C=O) groups is 1. The van der Waals surface area contributed by atoms with Crippen LogP contribution in [0.5, 0.6) is 0 Å². The van der Waals surface area contributed by atoms with Crippen molar-refractivity contribution < 1.29 is 9.90 Å². The van der Waals surface area contributed by atoms with Crippen molar-refractivity contribution in [1.82, 2.24) is 5.32 Å². The highest BCUT2D eigenvalue weighted by Crippen LogP contribution is 2.22.